The summed E-state index contributed by atoms with van der Waals surface area (Å²) in [6.07, 6.45) is 2.03. The van der Waals surface area contributed by atoms with E-state index >= 15 is 0 Å². The molecule has 3 heterocycles. The third-order valence-electron chi connectivity index (χ3n) is 4.70. The van der Waals surface area contributed by atoms with Crippen molar-refractivity contribution in [3.63, 3.8) is 0 Å². The van der Waals surface area contributed by atoms with Gasteiger partial charge in [0.2, 0.25) is 0 Å². The van der Waals surface area contributed by atoms with Crippen LogP contribution in [0.4, 0.5) is 16.5 Å². The summed E-state index contributed by atoms with van der Waals surface area (Å²) >= 11 is 1.61. The fraction of sp³-hybridized carbons (Fsp3) is 0.238. The van der Waals surface area contributed by atoms with Gasteiger partial charge < -0.3 is 10.2 Å². The molecule has 7 heteroatoms. The van der Waals surface area contributed by atoms with Gasteiger partial charge in [-0.1, -0.05) is 6.07 Å². The van der Waals surface area contributed by atoms with Crippen LogP contribution in [0.1, 0.15) is 19.5 Å². The highest BCUT2D eigenvalue weighted by Crippen LogP contribution is 2.30. The van der Waals surface area contributed by atoms with Gasteiger partial charge in [-0.05, 0) is 57.2 Å². The largest absolute Gasteiger partial charge is 0.372 e. The summed E-state index contributed by atoms with van der Waals surface area (Å²) < 4.78 is 2.09. The van der Waals surface area contributed by atoms with Gasteiger partial charge in [-0.3, -0.25) is 4.40 Å². The minimum Gasteiger partial charge on any atom is -0.372 e. The number of halogens is 1. The Morgan fingerprint density at radius 2 is 1.79 bits per heavy atom. The molecule has 0 aliphatic carbocycles. The monoisotopic (exact) mass is 457 g/mol. The number of nitrogens with one attached hydrogen (secondary N) is 1. The third kappa shape index (κ3) is 3.91. The predicted molar refractivity (Wildman–Crippen MR) is 125 cm³/mol. The molecule has 0 aliphatic rings. The number of rotatable bonds is 6. The second kappa shape index (κ2) is 8.75. The van der Waals surface area contributed by atoms with Gasteiger partial charge >= 0.3 is 0 Å². The standard InChI is InChI=1S/C21H23N5S.BrH/c1-4-25(5-2)17-11-9-16(10-12-17)23-21-24-18(14-27-21)20-15(3)22-19-8-6-7-13-26(19)20;/h6-14H,4-5H2,1-3H3,(H,23,24);1H. The van der Waals surface area contributed by atoms with Gasteiger partial charge in [-0.2, -0.15) is 0 Å². The van der Waals surface area contributed by atoms with Gasteiger partial charge in [0.1, 0.15) is 11.3 Å². The molecule has 4 rings (SSSR count). The number of benzene rings is 1. The van der Waals surface area contributed by atoms with E-state index in [4.69, 9.17) is 4.98 Å². The minimum atomic E-state index is 0. The molecule has 5 nitrogen and oxygen atoms in total. The van der Waals surface area contributed by atoms with Crippen LogP contribution in [-0.2, 0) is 0 Å². The smallest absolute Gasteiger partial charge is 0.187 e. The second-order valence-electron chi connectivity index (χ2n) is 6.36. The van der Waals surface area contributed by atoms with Crippen molar-refractivity contribution in [1.82, 2.24) is 14.4 Å². The van der Waals surface area contributed by atoms with Crippen LogP contribution < -0.4 is 10.2 Å². The molecule has 0 spiro atoms. The molecule has 0 radical (unpaired) electrons. The molecule has 28 heavy (non-hydrogen) atoms. The average Bonchev–Trinajstić information content (AvgIpc) is 3.27. The fourth-order valence-corrected chi connectivity index (χ4v) is 4.05. The zero-order chi connectivity index (χ0) is 18.8. The van der Waals surface area contributed by atoms with E-state index in [1.807, 2.05) is 31.3 Å². The number of fused-ring (bicyclic) bond motifs is 1. The molecule has 0 saturated carbocycles. The molecule has 4 aromatic rings. The summed E-state index contributed by atoms with van der Waals surface area (Å²) in [5.41, 5.74) is 6.21. The lowest BCUT2D eigenvalue weighted by Gasteiger charge is -2.21. The van der Waals surface area contributed by atoms with Crippen LogP contribution in [0.15, 0.2) is 54.0 Å². The predicted octanol–water partition coefficient (Wildman–Crippen LogP) is 5.93. The Morgan fingerprint density at radius 1 is 1.04 bits per heavy atom. The van der Waals surface area contributed by atoms with Gasteiger partial charge in [-0.15, -0.1) is 28.3 Å². The first kappa shape index (κ1) is 20.4. The number of aryl methyl sites for hydroxylation is 1. The normalized spacial score (nSPS) is 10.7. The lowest BCUT2D eigenvalue weighted by atomic mass is 10.2. The van der Waals surface area contributed by atoms with Crippen molar-refractivity contribution in [2.75, 3.05) is 23.3 Å². The van der Waals surface area contributed by atoms with Crippen LogP contribution in [0.2, 0.25) is 0 Å². The number of anilines is 3. The van der Waals surface area contributed by atoms with E-state index in [0.717, 1.165) is 46.6 Å². The number of aromatic nitrogens is 3. The topological polar surface area (TPSA) is 45.5 Å². The van der Waals surface area contributed by atoms with Crippen molar-refractivity contribution < 1.29 is 0 Å². The highest BCUT2D eigenvalue weighted by atomic mass is 79.9. The molecule has 0 aliphatic heterocycles. The lowest BCUT2D eigenvalue weighted by molar-refractivity contribution is 0.866. The third-order valence-corrected chi connectivity index (χ3v) is 5.46. The quantitative estimate of drug-likeness (QED) is 0.389. The van der Waals surface area contributed by atoms with E-state index in [0.29, 0.717) is 0 Å². The SMILES string of the molecule is Br.CCN(CC)c1ccc(Nc2nc(-c3c(C)nc4ccccn34)cs2)cc1. The Morgan fingerprint density at radius 3 is 2.50 bits per heavy atom. The van der Waals surface area contributed by atoms with Crippen LogP contribution in [-0.4, -0.2) is 27.5 Å². The van der Waals surface area contributed by atoms with Crippen molar-refractivity contribution in [1.29, 1.82) is 0 Å². The van der Waals surface area contributed by atoms with Gasteiger partial charge in [0.25, 0.3) is 0 Å². The number of pyridine rings is 1. The van der Waals surface area contributed by atoms with Gasteiger partial charge in [-0.25, -0.2) is 9.97 Å². The van der Waals surface area contributed by atoms with Gasteiger partial charge in [0.15, 0.2) is 5.13 Å². The summed E-state index contributed by atoms with van der Waals surface area (Å²) in [5, 5.41) is 6.38. The fourth-order valence-electron chi connectivity index (χ4n) is 3.33. The first-order valence-electron chi connectivity index (χ1n) is 9.21. The Hall–Kier alpha value is -2.38. The molecular weight excluding hydrogens is 434 g/mol. The highest BCUT2D eigenvalue weighted by Gasteiger charge is 2.14. The number of nitrogens with zero attached hydrogens (tertiary/aromatic N) is 4. The first-order chi connectivity index (χ1) is 13.2. The van der Waals surface area contributed by atoms with Crippen LogP contribution in [0, 0.1) is 6.92 Å². The molecule has 0 amide bonds. The zero-order valence-electron chi connectivity index (χ0n) is 16.2. The second-order valence-corrected chi connectivity index (χ2v) is 7.21. The highest BCUT2D eigenvalue weighted by molar-refractivity contribution is 8.93. The van der Waals surface area contributed by atoms with Gasteiger partial charge in [0, 0.05) is 36.0 Å². The first-order valence-corrected chi connectivity index (χ1v) is 10.1. The minimum absolute atomic E-state index is 0. The van der Waals surface area contributed by atoms with Crippen molar-refractivity contribution >= 4 is 50.5 Å². The van der Waals surface area contributed by atoms with E-state index in [2.05, 4.69) is 63.1 Å². The average molecular weight is 458 g/mol. The van der Waals surface area contributed by atoms with Crippen LogP contribution in [0.5, 0.6) is 0 Å². The number of hydrogen-bond acceptors (Lipinski definition) is 5. The molecule has 0 fully saturated rings. The van der Waals surface area contributed by atoms with Crippen LogP contribution in [0.3, 0.4) is 0 Å². The number of hydrogen-bond donors (Lipinski definition) is 1. The maximum Gasteiger partial charge on any atom is 0.187 e. The van der Waals surface area contributed by atoms with E-state index in [1.54, 1.807) is 11.3 Å². The van der Waals surface area contributed by atoms with Crippen LogP contribution in [0.25, 0.3) is 17.0 Å². The lowest BCUT2D eigenvalue weighted by Crippen LogP contribution is -2.21. The molecule has 0 saturated heterocycles. The summed E-state index contributed by atoms with van der Waals surface area (Å²) in [6.45, 7) is 8.40. The molecular formula is C21H24BrN5S. The molecule has 3 aromatic heterocycles. The Bertz CT molecular complexity index is 1050. The summed E-state index contributed by atoms with van der Waals surface area (Å²) in [5.74, 6) is 0. The van der Waals surface area contributed by atoms with Crippen LogP contribution >= 0.6 is 28.3 Å². The van der Waals surface area contributed by atoms with Crippen molar-refractivity contribution in [2.45, 2.75) is 20.8 Å². The number of imidazole rings is 1. The molecule has 0 unspecified atom stereocenters. The number of thiazole rings is 1. The molecule has 146 valence electrons. The maximum absolute atomic E-state index is 4.79. The van der Waals surface area contributed by atoms with E-state index in [-0.39, 0.29) is 17.0 Å². The Kier molecular flexibility index (Phi) is 6.36. The Labute approximate surface area is 179 Å². The molecule has 0 atom stereocenters. The van der Waals surface area contributed by atoms with E-state index < -0.39 is 0 Å². The van der Waals surface area contributed by atoms with E-state index in [1.165, 1.54) is 5.69 Å². The Balaban J connectivity index is 0.00000225. The van der Waals surface area contributed by atoms with Crippen molar-refractivity contribution in [2.24, 2.45) is 0 Å². The molecule has 1 N–H and O–H groups in total. The summed E-state index contributed by atoms with van der Waals surface area (Å²) in [4.78, 5) is 11.7. The summed E-state index contributed by atoms with van der Waals surface area (Å²) in [7, 11) is 0. The molecule has 1 aromatic carbocycles. The maximum atomic E-state index is 4.79. The van der Waals surface area contributed by atoms with Crippen molar-refractivity contribution in [3.8, 4) is 11.4 Å². The summed E-state index contributed by atoms with van der Waals surface area (Å²) in [6, 6.07) is 14.5. The van der Waals surface area contributed by atoms with E-state index in [9.17, 15) is 0 Å². The van der Waals surface area contributed by atoms with Crippen molar-refractivity contribution in [3.05, 3.63) is 59.7 Å². The zero-order valence-corrected chi connectivity index (χ0v) is 18.7. The van der Waals surface area contributed by atoms with Gasteiger partial charge in [0.05, 0.1) is 11.4 Å². The molecule has 0 bridgehead atoms.